The Hall–Kier alpha value is -2.61. The van der Waals surface area contributed by atoms with Gasteiger partial charge in [-0.05, 0) is 11.6 Å². The zero-order valence-electron chi connectivity index (χ0n) is 10.0. The second-order valence-electron chi connectivity index (χ2n) is 3.93. The van der Waals surface area contributed by atoms with Crippen LogP contribution in [0.15, 0.2) is 35.9 Å². The molecule has 1 fully saturated rings. The average Bonchev–Trinajstić information content (AvgIpc) is 2.82. The molecule has 0 aromatic heterocycles. The van der Waals surface area contributed by atoms with Crippen molar-refractivity contribution < 1.29 is 19.1 Å². The molecule has 1 aliphatic rings. The monoisotopic (exact) mass is 257 g/mol. The second kappa shape index (κ2) is 5.83. The first-order valence-corrected chi connectivity index (χ1v) is 5.75. The SMILES string of the molecule is N#C/C(=C/c1ccccc1)C(=O)O[C@H]1CCOC1=O. The zero-order chi connectivity index (χ0) is 13.7. The molecule has 1 aliphatic heterocycles. The fourth-order valence-electron chi connectivity index (χ4n) is 1.63. The third-order valence-electron chi connectivity index (χ3n) is 2.59. The number of esters is 2. The van der Waals surface area contributed by atoms with Crippen LogP contribution in [0.25, 0.3) is 6.08 Å². The van der Waals surface area contributed by atoms with E-state index in [4.69, 9.17) is 10.00 Å². The lowest BCUT2D eigenvalue weighted by molar-refractivity contribution is -0.157. The van der Waals surface area contributed by atoms with Gasteiger partial charge in [-0.2, -0.15) is 5.26 Å². The van der Waals surface area contributed by atoms with Gasteiger partial charge in [0.2, 0.25) is 6.10 Å². The highest BCUT2D eigenvalue weighted by atomic mass is 16.6. The van der Waals surface area contributed by atoms with Crippen molar-refractivity contribution in [3.05, 3.63) is 41.5 Å². The highest BCUT2D eigenvalue weighted by Gasteiger charge is 2.31. The van der Waals surface area contributed by atoms with Crippen LogP contribution in [0.4, 0.5) is 0 Å². The quantitative estimate of drug-likeness (QED) is 0.465. The van der Waals surface area contributed by atoms with Gasteiger partial charge in [0.05, 0.1) is 6.61 Å². The van der Waals surface area contributed by atoms with Crippen molar-refractivity contribution in [3.63, 3.8) is 0 Å². The van der Waals surface area contributed by atoms with Gasteiger partial charge in [-0.25, -0.2) is 9.59 Å². The summed E-state index contributed by atoms with van der Waals surface area (Å²) >= 11 is 0. The molecule has 0 amide bonds. The van der Waals surface area contributed by atoms with Gasteiger partial charge in [0.15, 0.2) is 0 Å². The minimum atomic E-state index is -0.903. The maximum atomic E-state index is 11.8. The smallest absolute Gasteiger partial charge is 0.349 e. The van der Waals surface area contributed by atoms with Crippen molar-refractivity contribution in [2.75, 3.05) is 6.61 Å². The largest absolute Gasteiger partial charge is 0.463 e. The molecule has 0 unspecified atom stereocenters. The highest BCUT2D eigenvalue weighted by Crippen LogP contribution is 2.14. The molecule has 0 saturated carbocycles. The van der Waals surface area contributed by atoms with Crippen LogP contribution in [0.2, 0.25) is 0 Å². The zero-order valence-corrected chi connectivity index (χ0v) is 10.0. The van der Waals surface area contributed by atoms with Crippen LogP contribution in [0.5, 0.6) is 0 Å². The van der Waals surface area contributed by atoms with Crippen molar-refractivity contribution in [2.45, 2.75) is 12.5 Å². The normalized spacial score (nSPS) is 18.6. The number of hydrogen-bond donors (Lipinski definition) is 0. The standard InChI is InChI=1S/C14H11NO4/c15-9-11(8-10-4-2-1-3-5-10)13(16)19-12-6-7-18-14(12)17/h1-5,8,12H,6-7H2/b11-8-/t12-/m0/s1. The maximum absolute atomic E-state index is 11.8. The van der Waals surface area contributed by atoms with Gasteiger partial charge in [0.1, 0.15) is 11.6 Å². The molecule has 0 radical (unpaired) electrons. The Morgan fingerprint density at radius 3 is 2.74 bits per heavy atom. The Bertz CT molecular complexity index is 557. The molecule has 1 heterocycles. The number of cyclic esters (lactones) is 1. The predicted octanol–water partition coefficient (Wildman–Crippen LogP) is 1.45. The van der Waals surface area contributed by atoms with E-state index in [2.05, 4.69) is 4.74 Å². The molecule has 96 valence electrons. The van der Waals surface area contributed by atoms with Crippen LogP contribution in [0.3, 0.4) is 0 Å². The predicted molar refractivity (Wildman–Crippen MR) is 65.5 cm³/mol. The summed E-state index contributed by atoms with van der Waals surface area (Å²) in [6, 6.07) is 10.7. The van der Waals surface area contributed by atoms with E-state index in [1.165, 1.54) is 6.08 Å². The van der Waals surface area contributed by atoms with Gasteiger partial charge >= 0.3 is 11.9 Å². The second-order valence-corrected chi connectivity index (χ2v) is 3.93. The van der Waals surface area contributed by atoms with Gasteiger partial charge in [-0.3, -0.25) is 0 Å². The molecule has 1 saturated heterocycles. The third-order valence-corrected chi connectivity index (χ3v) is 2.59. The number of nitriles is 1. The van der Waals surface area contributed by atoms with E-state index < -0.39 is 18.0 Å². The number of benzene rings is 1. The Balaban J connectivity index is 2.10. The Morgan fingerprint density at radius 1 is 1.42 bits per heavy atom. The number of rotatable bonds is 3. The van der Waals surface area contributed by atoms with Crippen LogP contribution in [-0.2, 0) is 19.1 Å². The number of ether oxygens (including phenoxy) is 2. The van der Waals surface area contributed by atoms with E-state index in [1.54, 1.807) is 30.3 Å². The molecule has 0 aliphatic carbocycles. The molecule has 2 rings (SSSR count). The average molecular weight is 257 g/mol. The molecule has 0 N–H and O–H groups in total. The first-order chi connectivity index (χ1) is 9.20. The molecular formula is C14H11NO4. The minimum absolute atomic E-state index is 0.147. The van der Waals surface area contributed by atoms with Gasteiger partial charge in [0.25, 0.3) is 0 Å². The summed E-state index contributed by atoms with van der Waals surface area (Å²) in [5.41, 5.74) is 0.566. The van der Waals surface area contributed by atoms with Gasteiger partial charge in [-0.15, -0.1) is 0 Å². The van der Waals surface area contributed by atoms with Crippen molar-refractivity contribution in [3.8, 4) is 6.07 Å². The van der Waals surface area contributed by atoms with E-state index in [0.717, 1.165) is 0 Å². The van der Waals surface area contributed by atoms with Crippen LogP contribution in [-0.4, -0.2) is 24.6 Å². The van der Waals surface area contributed by atoms with E-state index >= 15 is 0 Å². The van der Waals surface area contributed by atoms with Crippen molar-refractivity contribution in [1.29, 1.82) is 5.26 Å². The van der Waals surface area contributed by atoms with Crippen molar-refractivity contribution in [2.24, 2.45) is 0 Å². The van der Waals surface area contributed by atoms with Crippen LogP contribution in [0, 0.1) is 11.3 Å². The summed E-state index contributed by atoms with van der Waals surface area (Å²) in [5.74, 6) is -1.37. The molecular weight excluding hydrogens is 246 g/mol. The van der Waals surface area contributed by atoms with Crippen LogP contribution < -0.4 is 0 Å². The van der Waals surface area contributed by atoms with E-state index in [0.29, 0.717) is 12.0 Å². The lowest BCUT2D eigenvalue weighted by atomic mass is 10.1. The van der Waals surface area contributed by atoms with Gasteiger partial charge < -0.3 is 9.47 Å². The Labute approximate surface area is 110 Å². The van der Waals surface area contributed by atoms with Crippen LogP contribution in [0.1, 0.15) is 12.0 Å². The van der Waals surface area contributed by atoms with E-state index in [9.17, 15) is 9.59 Å². The van der Waals surface area contributed by atoms with Gasteiger partial charge in [0, 0.05) is 6.42 Å². The molecule has 5 nitrogen and oxygen atoms in total. The minimum Gasteiger partial charge on any atom is -0.463 e. The first kappa shape index (κ1) is 12.8. The molecule has 1 atom stereocenters. The molecule has 19 heavy (non-hydrogen) atoms. The fourth-order valence-corrected chi connectivity index (χ4v) is 1.63. The molecule has 1 aromatic rings. The molecule has 0 spiro atoms. The van der Waals surface area contributed by atoms with Gasteiger partial charge in [-0.1, -0.05) is 30.3 Å². The number of hydrogen-bond acceptors (Lipinski definition) is 5. The number of carbonyl (C=O) groups is 2. The maximum Gasteiger partial charge on any atom is 0.349 e. The summed E-state index contributed by atoms with van der Waals surface area (Å²) in [6.45, 7) is 0.237. The third kappa shape index (κ3) is 3.19. The Morgan fingerprint density at radius 2 is 2.16 bits per heavy atom. The fraction of sp³-hybridized carbons (Fsp3) is 0.214. The molecule has 0 bridgehead atoms. The Kier molecular flexibility index (Phi) is 3.94. The number of nitrogens with zero attached hydrogens (tertiary/aromatic N) is 1. The van der Waals surface area contributed by atoms with Crippen molar-refractivity contribution >= 4 is 18.0 Å². The molecule has 1 aromatic carbocycles. The summed E-state index contributed by atoms with van der Waals surface area (Å²) in [5, 5.41) is 8.96. The lowest BCUT2D eigenvalue weighted by Crippen LogP contribution is -2.23. The number of carbonyl (C=O) groups excluding carboxylic acids is 2. The van der Waals surface area contributed by atoms with E-state index in [-0.39, 0.29) is 12.2 Å². The summed E-state index contributed by atoms with van der Waals surface area (Å²) < 4.78 is 9.62. The highest BCUT2D eigenvalue weighted by molar-refractivity contribution is 5.99. The first-order valence-electron chi connectivity index (χ1n) is 5.75. The molecule has 5 heteroatoms. The van der Waals surface area contributed by atoms with E-state index in [1.807, 2.05) is 6.07 Å². The lowest BCUT2D eigenvalue weighted by Gasteiger charge is -2.07. The summed E-state index contributed by atoms with van der Waals surface area (Å²) in [7, 11) is 0. The summed E-state index contributed by atoms with van der Waals surface area (Å²) in [6.07, 6.45) is 0.845. The topological polar surface area (TPSA) is 76.4 Å². The summed E-state index contributed by atoms with van der Waals surface area (Å²) in [4.78, 5) is 22.9. The van der Waals surface area contributed by atoms with Crippen LogP contribution >= 0.6 is 0 Å². The van der Waals surface area contributed by atoms with Crippen molar-refractivity contribution in [1.82, 2.24) is 0 Å².